The molecule has 2 aromatic rings. The third-order valence-electron chi connectivity index (χ3n) is 11.8. The standard InChI is InChI=1S/C45H58N4O3/c1-9-18-45(8,11-3)42-40(51)25-36-43-33(16-15-28(5)50)22-35(48-43)23-38-29(6)41(30(7)52-26-31-14-12-13-27(4)20-31)39(49-38)24-34-21-32(10-2)37(47-34)17-19-46-44(36)42/h12-14,17,20,23-24,30,32-33,46,49H,9-11,15-16,18-19,21-22,25-26H2,1-8H3/b37-17?,38-23-,39-24-,43-36-/t30?,32?,33?,45-/m1/s1. The number of rotatable bonds is 12. The van der Waals surface area contributed by atoms with Crippen LogP contribution in [0.1, 0.15) is 128 Å². The minimum Gasteiger partial charge on any atom is -0.381 e. The predicted molar refractivity (Wildman–Crippen MR) is 212 cm³/mol. The quantitative estimate of drug-likeness (QED) is 0.232. The average Bonchev–Trinajstić information content (AvgIpc) is 3.86. The van der Waals surface area contributed by atoms with Crippen molar-refractivity contribution < 1.29 is 14.3 Å². The number of Topliss-reactive ketones (excluding diaryl/α,β-unsaturated/α-hetero) is 2. The number of fused-ring (bicyclic) bond motifs is 5. The number of nitrogens with one attached hydrogen (secondary N) is 2. The topological polar surface area (TPSA) is 95.9 Å². The SMILES string of the molecule is CCC[C@@](C)(CC)C1=C2NCC=C3N=C(/C=c4\[nH]/c(c(C)c4C(C)OCc4cccc(C)c4)=C\C4=NC(=C\2CC1=O)/C(CCC(C)=O)C4)CC3CC. The van der Waals surface area contributed by atoms with Gasteiger partial charge in [-0.25, -0.2) is 0 Å². The van der Waals surface area contributed by atoms with Crippen LogP contribution < -0.4 is 16.0 Å². The summed E-state index contributed by atoms with van der Waals surface area (Å²) in [5.41, 5.74) is 11.4. The number of aryl methyl sites for hydroxylation is 1. The summed E-state index contributed by atoms with van der Waals surface area (Å²) < 4.78 is 6.56. The van der Waals surface area contributed by atoms with Crippen LogP contribution in [0.25, 0.3) is 12.2 Å². The molecular weight excluding hydrogens is 645 g/mol. The van der Waals surface area contributed by atoms with Crippen molar-refractivity contribution in [3.05, 3.63) is 91.5 Å². The highest BCUT2D eigenvalue weighted by Crippen LogP contribution is 2.47. The van der Waals surface area contributed by atoms with E-state index in [-0.39, 0.29) is 29.0 Å². The summed E-state index contributed by atoms with van der Waals surface area (Å²) >= 11 is 0. The lowest BCUT2D eigenvalue weighted by Crippen LogP contribution is -2.26. The molecule has 0 saturated heterocycles. The Hall–Kier alpha value is -4.10. The van der Waals surface area contributed by atoms with Crippen LogP contribution in [0.2, 0.25) is 0 Å². The van der Waals surface area contributed by atoms with Gasteiger partial charge in [-0.1, -0.05) is 63.9 Å². The number of carbonyl (C=O) groups excluding carboxylic acids is 2. The van der Waals surface area contributed by atoms with Crippen LogP contribution in [-0.4, -0.2) is 34.5 Å². The van der Waals surface area contributed by atoms with E-state index in [1.807, 2.05) is 0 Å². The van der Waals surface area contributed by atoms with Crippen molar-refractivity contribution in [2.75, 3.05) is 6.54 Å². The third kappa shape index (κ3) is 7.80. The van der Waals surface area contributed by atoms with E-state index < -0.39 is 0 Å². The fourth-order valence-electron chi connectivity index (χ4n) is 8.82. The second-order valence-corrected chi connectivity index (χ2v) is 15.8. The van der Waals surface area contributed by atoms with Crippen LogP contribution in [0.4, 0.5) is 0 Å². The van der Waals surface area contributed by atoms with Crippen LogP contribution in [0.3, 0.4) is 0 Å². The van der Waals surface area contributed by atoms with Crippen molar-refractivity contribution in [1.29, 1.82) is 0 Å². The number of ether oxygens (including phenoxy) is 1. The molecule has 3 aliphatic heterocycles. The van der Waals surface area contributed by atoms with Gasteiger partial charge in [-0.3, -0.25) is 14.8 Å². The Morgan fingerprint density at radius 2 is 1.81 bits per heavy atom. The van der Waals surface area contributed by atoms with Crippen LogP contribution in [-0.2, 0) is 20.9 Å². The number of hydrogen-bond acceptors (Lipinski definition) is 6. The number of benzene rings is 1. The summed E-state index contributed by atoms with van der Waals surface area (Å²) in [6.07, 6.45) is 13.5. The van der Waals surface area contributed by atoms with E-state index in [1.165, 1.54) is 5.56 Å². The van der Waals surface area contributed by atoms with Crippen LogP contribution in [0.5, 0.6) is 0 Å². The summed E-state index contributed by atoms with van der Waals surface area (Å²) in [5, 5.41) is 5.81. The van der Waals surface area contributed by atoms with Crippen molar-refractivity contribution in [2.45, 2.75) is 126 Å². The summed E-state index contributed by atoms with van der Waals surface area (Å²) in [4.78, 5) is 40.7. The highest BCUT2D eigenvalue weighted by Gasteiger charge is 2.41. The molecule has 1 aliphatic carbocycles. The molecule has 0 radical (unpaired) electrons. The van der Waals surface area contributed by atoms with Crippen LogP contribution in [0.15, 0.2) is 68.6 Å². The summed E-state index contributed by atoms with van der Waals surface area (Å²) in [6.45, 7) is 18.1. The summed E-state index contributed by atoms with van der Waals surface area (Å²) in [6, 6.07) is 8.48. The molecule has 52 heavy (non-hydrogen) atoms. The zero-order valence-electron chi connectivity index (χ0n) is 32.7. The molecule has 0 saturated carbocycles. The number of aromatic nitrogens is 1. The van der Waals surface area contributed by atoms with Crippen molar-refractivity contribution in [1.82, 2.24) is 10.3 Å². The fourth-order valence-corrected chi connectivity index (χ4v) is 8.82. The first kappa shape index (κ1) is 37.7. The molecule has 1 aromatic carbocycles. The maximum absolute atomic E-state index is 14.1. The number of aliphatic imine (C=N–C) groups is 2. The fraction of sp³-hybridized carbons (Fsp3) is 0.511. The Labute approximate surface area is 310 Å². The maximum Gasteiger partial charge on any atom is 0.166 e. The number of ketones is 2. The Morgan fingerprint density at radius 3 is 2.52 bits per heavy atom. The minimum absolute atomic E-state index is 0.0607. The van der Waals surface area contributed by atoms with E-state index in [4.69, 9.17) is 14.7 Å². The van der Waals surface area contributed by atoms with Gasteiger partial charge < -0.3 is 19.8 Å². The second kappa shape index (κ2) is 15.9. The molecule has 3 unspecified atom stereocenters. The number of allylic oxidation sites excluding steroid dienone is 4. The van der Waals surface area contributed by atoms with Crippen LogP contribution in [0, 0.1) is 31.1 Å². The Morgan fingerprint density at radius 1 is 1.06 bits per heavy atom. The minimum atomic E-state index is -0.234. The highest BCUT2D eigenvalue weighted by molar-refractivity contribution is 6.13. The number of H-pyrrole nitrogens is 1. The number of hydrogen-bond donors (Lipinski definition) is 2. The normalized spacial score (nSPS) is 24.5. The second-order valence-electron chi connectivity index (χ2n) is 15.8. The molecule has 2 N–H and O–H groups in total. The Bertz CT molecular complexity index is 2020. The molecule has 7 nitrogen and oxygen atoms in total. The van der Waals surface area contributed by atoms with Gasteiger partial charge in [-0.2, -0.15) is 0 Å². The Balaban J connectivity index is 1.53. The van der Waals surface area contributed by atoms with Crippen molar-refractivity contribution in [3.8, 4) is 0 Å². The molecule has 7 heteroatoms. The van der Waals surface area contributed by atoms with Gasteiger partial charge in [0.1, 0.15) is 5.78 Å². The lowest BCUT2D eigenvalue weighted by molar-refractivity contribution is -0.117. The number of carbonyl (C=O) groups is 2. The Kier molecular flexibility index (Phi) is 11.5. The van der Waals surface area contributed by atoms with Gasteiger partial charge in [-0.05, 0) is 101 Å². The largest absolute Gasteiger partial charge is 0.381 e. The van der Waals surface area contributed by atoms with Gasteiger partial charge >= 0.3 is 0 Å². The van der Waals surface area contributed by atoms with Crippen molar-refractivity contribution in [3.63, 3.8) is 0 Å². The molecule has 6 rings (SSSR count). The monoisotopic (exact) mass is 702 g/mol. The van der Waals surface area contributed by atoms with Crippen molar-refractivity contribution >= 4 is 35.1 Å². The van der Waals surface area contributed by atoms with Gasteiger partial charge in [0.15, 0.2) is 5.78 Å². The van der Waals surface area contributed by atoms with Crippen molar-refractivity contribution in [2.24, 2.45) is 27.2 Å². The molecule has 4 heterocycles. The molecule has 0 fully saturated rings. The van der Waals surface area contributed by atoms with E-state index in [9.17, 15) is 9.59 Å². The summed E-state index contributed by atoms with van der Waals surface area (Å²) in [7, 11) is 0. The van der Waals surface area contributed by atoms with Crippen LogP contribution >= 0.6 is 0 Å². The van der Waals surface area contributed by atoms with Gasteiger partial charge in [0.05, 0.1) is 12.7 Å². The first-order chi connectivity index (χ1) is 24.9. The lowest BCUT2D eigenvalue weighted by Gasteiger charge is -2.30. The molecule has 0 amide bonds. The summed E-state index contributed by atoms with van der Waals surface area (Å²) in [5.74, 6) is 0.768. The highest BCUT2D eigenvalue weighted by atomic mass is 16.5. The average molecular weight is 703 g/mol. The van der Waals surface area contributed by atoms with E-state index >= 15 is 0 Å². The molecule has 276 valence electrons. The van der Waals surface area contributed by atoms with Gasteiger partial charge in [-0.15, -0.1) is 0 Å². The number of nitrogens with zero attached hydrogens (tertiary/aromatic N) is 2. The molecule has 4 aliphatic rings. The molecular formula is C45H58N4O3. The molecule has 1 aromatic heterocycles. The molecule has 4 atom stereocenters. The maximum atomic E-state index is 14.1. The zero-order valence-corrected chi connectivity index (χ0v) is 32.7. The third-order valence-corrected chi connectivity index (χ3v) is 11.8. The molecule has 0 spiro atoms. The van der Waals surface area contributed by atoms with E-state index in [0.29, 0.717) is 38.3 Å². The van der Waals surface area contributed by atoms with E-state index in [2.05, 4.69) is 101 Å². The molecule has 6 bridgehead atoms. The van der Waals surface area contributed by atoms with E-state index in [0.717, 1.165) is 106 Å². The van der Waals surface area contributed by atoms with Gasteiger partial charge in [0.25, 0.3) is 0 Å². The zero-order chi connectivity index (χ0) is 37.2. The van der Waals surface area contributed by atoms with Gasteiger partial charge in [0.2, 0.25) is 0 Å². The first-order valence-corrected chi connectivity index (χ1v) is 19.6. The first-order valence-electron chi connectivity index (χ1n) is 19.6. The van der Waals surface area contributed by atoms with E-state index in [1.54, 1.807) is 6.92 Å². The lowest BCUT2D eigenvalue weighted by atomic mass is 9.74. The number of aromatic amines is 1. The van der Waals surface area contributed by atoms with Gasteiger partial charge in [0, 0.05) is 87.1 Å². The smallest absolute Gasteiger partial charge is 0.166 e. The predicted octanol–water partition coefficient (Wildman–Crippen LogP) is 8.36.